The molecule has 2 heteroatoms. The van der Waals surface area contributed by atoms with E-state index in [1.165, 1.54) is 9.13 Å². The first-order valence-electron chi connectivity index (χ1n) is 4.05. The minimum atomic E-state index is 0.208. The molecule has 0 radical (unpaired) electrons. The summed E-state index contributed by atoms with van der Waals surface area (Å²) in [7, 11) is 0. The predicted octanol–water partition coefficient (Wildman–Crippen LogP) is 2.74. The molecule has 1 unspecified atom stereocenters. The summed E-state index contributed by atoms with van der Waals surface area (Å²) < 4.78 is 1.21. The van der Waals surface area contributed by atoms with E-state index in [9.17, 15) is 4.79 Å². The number of carbonyl (C=O) groups excluding carboxylic acids is 1. The van der Waals surface area contributed by atoms with E-state index in [2.05, 4.69) is 28.7 Å². The fourth-order valence-corrected chi connectivity index (χ4v) is 2.05. The largest absolute Gasteiger partial charge is 0.299 e. The van der Waals surface area contributed by atoms with E-state index in [4.69, 9.17) is 0 Å². The smallest absolute Gasteiger partial charge is 0.140 e. The number of ketones is 1. The minimum Gasteiger partial charge on any atom is -0.299 e. The number of rotatable bonds is 1. The minimum absolute atomic E-state index is 0.208. The van der Waals surface area contributed by atoms with Crippen molar-refractivity contribution in [1.82, 2.24) is 0 Å². The number of hydrogen-bond donors (Lipinski definition) is 0. The monoisotopic (exact) mass is 272 g/mol. The van der Waals surface area contributed by atoms with Crippen LogP contribution >= 0.6 is 22.6 Å². The lowest BCUT2D eigenvalue weighted by atomic mass is 9.79. The molecule has 1 saturated carbocycles. The third-order valence-electron chi connectivity index (χ3n) is 2.32. The first-order valence-corrected chi connectivity index (χ1v) is 5.13. The van der Waals surface area contributed by atoms with Gasteiger partial charge in [0, 0.05) is 15.9 Å². The molecule has 0 heterocycles. The van der Waals surface area contributed by atoms with Gasteiger partial charge in [0.25, 0.3) is 0 Å². The number of halogens is 1. The van der Waals surface area contributed by atoms with Crippen LogP contribution in [0.3, 0.4) is 0 Å². The molecule has 1 aliphatic rings. The average Bonchev–Trinajstić information content (AvgIpc) is 2.02. The molecule has 1 fully saturated rings. The summed E-state index contributed by atoms with van der Waals surface area (Å²) in [6.45, 7) is 0. The molecular weight excluding hydrogens is 263 g/mol. The Morgan fingerprint density at radius 1 is 1.42 bits per heavy atom. The summed E-state index contributed by atoms with van der Waals surface area (Å²) in [5.41, 5.74) is 1.19. The van der Waals surface area contributed by atoms with E-state index in [-0.39, 0.29) is 5.92 Å². The highest BCUT2D eigenvalue weighted by molar-refractivity contribution is 14.1. The summed E-state index contributed by atoms with van der Waals surface area (Å²) in [6, 6.07) is 8.21. The van der Waals surface area contributed by atoms with Gasteiger partial charge in [0.1, 0.15) is 5.78 Å². The summed E-state index contributed by atoms with van der Waals surface area (Å²) in [4.78, 5) is 11.1. The highest BCUT2D eigenvalue weighted by Gasteiger charge is 2.29. The summed E-state index contributed by atoms with van der Waals surface area (Å²) >= 11 is 2.27. The van der Waals surface area contributed by atoms with Gasteiger partial charge in [-0.3, -0.25) is 4.79 Å². The number of hydrogen-bond acceptors (Lipinski definition) is 1. The maximum atomic E-state index is 11.1. The second-order valence-corrected chi connectivity index (χ2v) is 4.36. The lowest BCUT2D eigenvalue weighted by molar-refractivity contribution is -0.125. The van der Waals surface area contributed by atoms with Crippen molar-refractivity contribution in [3.63, 3.8) is 0 Å². The zero-order valence-corrected chi connectivity index (χ0v) is 8.74. The van der Waals surface area contributed by atoms with Crippen molar-refractivity contribution in [3.8, 4) is 0 Å². The van der Waals surface area contributed by atoms with Gasteiger partial charge in [0.05, 0.1) is 0 Å². The molecule has 12 heavy (non-hydrogen) atoms. The van der Waals surface area contributed by atoms with Crippen molar-refractivity contribution in [2.24, 2.45) is 0 Å². The van der Waals surface area contributed by atoms with E-state index < -0.39 is 0 Å². The van der Waals surface area contributed by atoms with Crippen molar-refractivity contribution in [1.29, 1.82) is 0 Å². The molecule has 0 bridgehead atoms. The lowest BCUT2D eigenvalue weighted by Gasteiger charge is -2.24. The molecule has 0 N–H and O–H groups in total. The van der Waals surface area contributed by atoms with E-state index in [1.54, 1.807) is 0 Å². The van der Waals surface area contributed by atoms with Crippen molar-refractivity contribution < 1.29 is 4.79 Å². The van der Waals surface area contributed by atoms with Crippen molar-refractivity contribution >= 4 is 28.4 Å². The van der Waals surface area contributed by atoms with Gasteiger partial charge in [-0.1, -0.05) is 12.1 Å². The van der Waals surface area contributed by atoms with Crippen LogP contribution in [0.15, 0.2) is 24.3 Å². The van der Waals surface area contributed by atoms with Gasteiger partial charge in [0.15, 0.2) is 0 Å². The van der Waals surface area contributed by atoms with Crippen LogP contribution in [0.1, 0.15) is 24.3 Å². The molecular formula is C10H9IO. The van der Waals surface area contributed by atoms with Crippen LogP contribution in [0.2, 0.25) is 0 Å². The molecule has 2 rings (SSSR count). The molecule has 1 nitrogen and oxygen atoms in total. The molecule has 0 spiro atoms. The standard InChI is InChI=1S/C10H9IO/c11-8-3-1-2-7(6-8)9-4-5-10(9)12/h1-3,6,9H,4-5H2. The first-order chi connectivity index (χ1) is 5.77. The van der Waals surface area contributed by atoms with Crippen LogP contribution in [-0.4, -0.2) is 5.78 Å². The third-order valence-corrected chi connectivity index (χ3v) is 2.99. The van der Waals surface area contributed by atoms with Crippen molar-refractivity contribution in [2.45, 2.75) is 18.8 Å². The van der Waals surface area contributed by atoms with Gasteiger partial charge in [-0.05, 0) is 46.7 Å². The fraction of sp³-hybridized carbons (Fsp3) is 0.300. The second kappa shape index (κ2) is 3.17. The molecule has 0 aromatic heterocycles. The fourth-order valence-electron chi connectivity index (χ4n) is 1.48. The zero-order valence-electron chi connectivity index (χ0n) is 6.59. The SMILES string of the molecule is O=C1CCC1c1cccc(I)c1. The van der Waals surface area contributed by atoms with Crippen LogP contribution in [0.5, 0.6) is 0 Å². The van der Waals surface area contributed by atoms with Crippen LogP contribution in [-0.2, 0) is 4.79 Å². The lowest BCUT2D eigenvalue weighted by Crippen LogP contribution is -2.23. The number of carbonyl (C=O) groups is 1. The maximum absolute atomic E-state index is 11.1. The van der Waals surface area contributed by atoms with E-state index in [1.807, 2.05) is 18.2 Å². The van der Waals surface area contributed by atoms with Crippen LogP contribution in [0.4, 0.5) is 0 Å². The average molecular weight is 272 g/mol. The number of Topliss-reactive ketones (excluding diaryl/α,β-unsaturated/α-hetero) is 1. The molecule has 0 saturated heterocycles. The Morgan fingerprint density at radius 3 is 2.75 bits per heavy atom. The van der Waals surface area contributed by atoms with Gasteiger partial charge >= 0.3 is 0 Å². The Labute approximate surface area is 85.3 Å². The quantitative estimate of drug-likeness (QED) is 0.718. The third kappa shape index (κ3) is 1.40. The van der Waals surface area contributed by atoms with Gasteiger partial charge in [-0.15, -0.1) is 0 Å². The molecule has 1 aromatic carbocycles. The Hall–Kier alpha value is -0.380. The highest BCUT2D eigenvalue weighted by atomic mass is 127. The maximum Gasteiger partial charge on any atom is 0.140 e. The van der Waals surface area contributed by atoms with Gasteiger partial charge < -0.3 is 0 Å². The molecule has 0 amide bonds. The Kier molecular flexibility index (Phi) is 2.17. The van der Waals surface area contributed by atoms with Crippen LogP contribution < -0.4 is 0 Å². The topological polar surface area (TPSA) is 17.1 Å². The Balaban J connectivity index is 2.28. The highest BCUT2D eigenvalue weighted by Crippen LogP contribution is 2.33. The Bertz CT molecular complexity index is 319. The Morgan fingerprint density at radius 2 is 2.25 bits per heavy atom. The van der Waals surface area contributed by atoms with Crippen LogP contribution in [0.25, 0.3) is 0 Å². The number of benzene rings is 1. The van der Waals surface area contributed by atoms with E-state index in [0.29, 0.717) is 5.78 Å². The van der Waals surface area contributed by atoms with E-state index >= 15 is 0 Å². The van der Waals surface area contributed by atoms with Crippen LogP contribution in [0, 0.1) is 3.57 Å². The van der Waals surface area contributed by atoms with Crippen molar-refractivity contribution in [2.75, 3.05) is 0 Å². The normalized spacial score (nSPS) is 22.1. The van der Waals surface area contributed by atoms with E-state index in [0.717, 1.165) is 12.8 Å². The molecule has 1 atom stereocenters. The molecule has 1 aliphatic carbocycles. The second-order valence-electron chi connectivity index (χ2n) is 3.11. The molecule has 0 aliphatic heterocycles. The summed E-state index contributed by atoms with van der Waals surface area (Å²) in [5.74, 6) is 0.608. The van der Waals surface area contributed by atoms with Crippen molar-refractivity contribution in [3.05, 3.63) is 33.4 Å². The van der Waals surface area contributed by atoms with Gasteiger partial charge in [-0.25, -0.2) is 0 Å². The molecule has 62 valence electrons. The predicted molar refractivity (Wildman–Crippen MR) is 56.1 cm³/mol. The zero-order chi connectivity index (χ0) is 8.55. The molecule has 1 aromatic rings. The first kappa shape index (κ1) is 8.23. The summed E-state index contributed by atoms with van der Waals surface area (Å²) in [5, 5.41) is 0. The summed E-state index contributed by atoms with van der Waals surface area (Å²) in [6.07, 6.45) is 1.81. The van der Waals surface area contributed by atoms with Gasteiger partial charge in [-0.2, -0.15) is 0 Å². The van der Waals surface area contributed by atoms with Gasteiger partial charge in [0.2, 0.25) is 0 Å².